The van der Waals surface area contributed by atoms with E-state index in [0.717, 1.165) is 18.0 Å². The third-order valence-electron chi connectivity index (χ3n) is 4.04. The van der Waals surface area contributed by atoms with Crippen LogP contribution in [0.4, 0.5) is 0 Å². The summed E-state index contributed by atoms with van der Waals surface area (Å²) in [5, 5.41) is 8.40. The number of nitrogens with zero attached hydrogens (tertiary/aromatic N) is 4. The van der Waals surface area contributed by atoms with Gasteiger partial charge in [-0.05, 0) is 43.9 Å². The second kappa shape index (κ2) is 8.66. The minimum absolute atomic E-state index is 0.178. The van der Waals surface area contributed by atoms with Gasteiger partial charge in [0.25, 0.3) is 5.91 Å². The molecule has 0 aliphatic rings. The van der Waals surface area contributed by atoms with Crippen LogP contribution in [0.5, 0.6) is 0 Å². The molecule has 0 spiro atoms. The van der Waals surface area contributed by atoms with E-state index in [4.69, 9.17) is 0 Å². The maximum Gasteiger partial charge on any atom is 0.276 e. The summed E-state index contributed by atoms with van der Waals surface area (Å²) in [4.78, 5) is 31.7. The van der Waals surface area contributed by atoms with Gasteiger partial charge in [-0.3, -0.25) is 14.6 Å². The predicted octanol–water partition coefficient (Wildman–Crippen LogP) is 2.61. The maximum absolute atomic E-state index is 13.1. The third kappa shape index (κ3) is 4.72. The third-order valence-corrected chi connectivity index (χ3v) is 4.54. The summed E-state index contributed by atoms with van der Waals surface area (Å²) in [5.74, 6) is -0.687. The van der Waals surface area contributed by atoms with Gasteiger partial charge in [0, 0.05) is 23.7 Å². The van der Waals surface area contributed by atoms with E-state index in [2.05, 4.69) is 26.5 Å². The van der Waals surface area contributed by atoms with Crippen LogP contribution in [0.25, 0.3) is 0 Å². The summed E-state index contributed by atoms with van der Waals surface area (Å²) < 4.78 is 3.74. The van der Waals surface area contributed by atoms with Crippen molar-refractivity contribution in [1.82, 2.24) is 24.8 Å². The number of carbonyl (C=O) groups is 2. The number of aromatic nitrogens is 3. The molecule has 2 amide bonds. The molecule has 0 radical (unpaired) electrons. The lowest BCUT2D eigenvalue weighted by molar-refractivity contribution is -0.127. The molecule has 0 fully saturated rings. The molecule has 0 bridgehead atoms. The van der Waals surface area contributed by atoms with Crippen molar-refractivity contribution in [2.75, 3.05) is 6.54 Å². The van der Waals surface area contributed by atoms with Crippen LogP contribution in [-0.4, -0.2) is 43.4 Å². The Balaban J connectivity index is 2.44. The molecule has 2 rings (SSSR count). The zero-order chi connectivity index (χ0) is 19.2. The molecule has 0 unspecified atom stereocenters. The van der Waals surface area contributed by atoms with Gasteiger partial charge in [-0.2, -0.15) is 0 Å². The normalized spacial score (nSPS) is 12.3. The lowest BCUT2D eigenvalue weighted by Crippen LogP contribution is -2.50. The standard InChI is InChI=1S/C18H23N5O2S/c1-5-11-23(17(25)14-12-26-22-21-14)15(13-9-7-8-10-19-13)16(24)20-18(3,4)6-2/h5,7-10,12,15H,1,6,11H2,2-4H3,(H,20,24)/t15-/m0/s1. The summed E-state index contributed by atoms with van der Waals surface area (Å²) in [6.07, 6.45) is 3.92. The Bertz CT molecular complexity index is 746. The molecule has 2 aromatic rings. The number of amides is 2. The summed E-state index contributed by atoms with van der Waals surface area (Å²) >= 11 is 1.08. The summed E-state index contributed by atoms with van der Waals surface area (Å²) in [7, 11) is 0. The minimum Gasteiger partial charge on any atom is -0.349 e. The molecule has 0 saturated carbocycles. The molecule has 26 heavy (non-hydrogen) atoms. The van der Waals surface area contributed by atoms with Gasteiger partial charge < -0.3 is 10.2 Å². The predicted molar refractivity (Wildman–Crippen MR) is 101 cm³/mol. The van der Waals surface area contributed by atoms with Crippen molar-refractivity contribution >= 4 is 23.3 Å². The van der Waals surface area contributed by atoms with E-state index in [1.165, 1.54) is 4.90 Å². The van der Waals surface area contributed by atoms with Crippen LogP contribution >= 0.6 is 11.5 Å². The topological polar surface area (TPSA) is 88.1 Å². The number of pyridine rings is 1. The molecule has 7 nitrogen and oxygen atoms in total. The van der Waals surface area contributed by atoms with E-state index in [-0.39, 0.29) is 18.1 Å². The Morgan fingerprint density at radius 3 is 2.73 bits per heavy atom. The highest BCUT2D eigenvalue weighted by Crippen LogP contribution is 2.23. The fourth-order valence-electron chi connectivity index (χ4n) is 2.31. The fourth-order valence-corrected chi connectivity index (χ4v) is 2.74. The Labute approximate surface area is 157 Å². The molecule has 0 aliphatic carbocycles. The Hall–Kier alpha value is -2.61. The molecule has 1 N–H and O–H groups in total. The van der Waals surface area contributed by atoms with Crippen LogP contribution in [0.3, 0.4) is 0 Å². The van der Waals surface area contributed by atoms with Crippen molar-refractivity contribution in [3.63, 3.8) is 0 Å². The van der Waals surface area contributed by atoms with E-state index in [1.54, 1.807) is 35.9 Å². The van der Waals surface area contributed by atoms with E-state index >= 15 is 0 Å². The van der Waals surface area contributed by atoms with Crippen molar-refractivity contribution in [1.29, 1.82) is 0 Å². The molecule has 2 heterocycles. The van der Waals surface area contributed by atoms with Gasteiger partial charge in [0.2, 0.25) is 5.91 Å². The van der Waals surface area contributed by atoms with E-state index < -0.39 is 17.5 Å². The van der Waals surface area contributed by atoms with Crippen molar-refractivity contribution in [2.24, 2.45) is 0 Å². The van der Waals surface area contributed by atoms with Crippen molar-refractivity contribution < 1.29 is 9.59 Å². The second-order valence-electron chi connectivity index (χ2n) is 6.42. The van der Waals surface area contributed by atoms with Crippen LogP contribution in [-0.2, 0) is 4.79 Å². The lowest BCUT2D eigenvalue weighted by atomic mass is 10.00. The second-order valence-corrected chi connectivity index (χ2v) is 7.03. The number of carbonyl (C=O) groups excluding carboxylic acids is 2. The quantitative estimate of drug-likeness (QED) is 0.719. The van der Waals surface area contributed by atoms with E-state index in [9.17, 15) is 9.59 Å². The highest BCUT2D eigenvalue weighted by Gasteiger charge is 2.35. The number of hydrogen-bond acceptors (Lipinski definition) is 6. The Kier molecular flexibility index (Phi) is 6.57. The van der Waals surface area contributed by atoms with Gasteiger partial charge >= 0.3 is 0 Å². The minimum atomic E-state index is -0.894. The summed E-state index contributed by atoms with van der Waals surface area (Å²) in [5.41, 5.74) is 0.269. The molecule has 0 saturated heterocycles. The van der Waals surface area contributed by atoms with Crippen LogP contribution < -0.4 is 5.32 Å². The zero-order valence-electron chi connectivity index (χ0n) is 15.2. The van der Waals surface area contributed by atoms with Crippen LogP contribution in [0.1, 0.15) is 49.4 Å². The molecule has 2 aromatic heterocycles. The Morgan fingerprint density at radius 1 is 1.42 bits per heavy atom. The average Bonchev–Trinajstić information content (AvgIpc) is 3.16. The molecule has 0 aliphatic heterocycles. The van der Waals surface area contributed by atoms with Crippen LogP contribution in [0.2, 0.25) is 0 Å². The molecule has 1 atom stereocenters. The summed E-state index contributed by atoms with van der Waals surface area (Å²) in [6.45, 7) is 9.75. The van der Waals surface area contributed by atoms with Gasteiger partial charge in [-0.25, -0.2) is 0 Å². The van der Waals surface area contributed by atoms with Crippen LogP contribution in [0.15, 0.2) is 42.4 Å². The number of rotatable bonds is 8. The average molecular weight is 373 g/mol. The van der Waals surface area contributed by atoms with Gasteiger partial charge in [-0.1, -0.05) is 23.6 Å². The molecule has 138 valence electrons. The summed E-state index contributed by atoms with van der Waals surface area (Å²) in [6, 6.07) is 4.38. The highest BCUT2D eigenvalue weighted by atomic mass is 32.1. The maximum atomic E-state index is 13.1. The number of hydrogen-bond donors (Lipinski definition) is 1. The molecular weight excluding hydrogens is 350 g/mol. The lowest BCUT2D eigenvalue weighted by Gasteiger charge is -2.33. The SMILES string of the molecule is C=CCN(C(=O)c1csnn1)[C@H](C(=O)NC(C)(C)CC)c1ccccn1. The van der Waals surface area contributed by atoms with Crippen LogP contribution in [0, 0.1) is 0 Å². The Morgan fingerprint density at radius 2 is 2.19 bits per heavy atom. The first kappa shape index (κ1) is 19.7. The number of nitrogens with one attached hydrogen (secondary N) is 1. The molecular formula is C18H23N5O2S. The zero-order valence-corrected chi connectivity index (χ0v) is 16.0. The first-order valence-corrected chi connectivity index (χ1v) is 9.15. The molecule has 0 aromatic carbocycles. The van der Waals surface area contributed by atoms with Crippen molar-refractivity contribution in [3.05, 3.63) is 53.8 Å². The first-order chi connectivity index (χ1) is 12.4. The highest BCUT2D eigenvalue weighted by molar-refractivity contribution is 7.03. The van der Waals surface area contributed by atoms with Gasteiger partial charge in [-0.15, -0.1) is 11.7 Å². The van der Waals surface area contributed by atoms with Crippen molar-refractivity contribution in [2.45, 2.75) is 38.8 Å². The van der Waals surface area contributed by atoms with Crippen molar-refractivity contribution in [3.8, 4) is 0 Å². The van der Waals surface area contributed by atoms with Gasteiger partial charge in [0.15, 0.2) is 11.7 Å². The first-order valence-electron chi connectivity index (χ1n) is 8.31. The smallest absolute Gasteiger partial charge is 0.276 e. The van der Waals surface area contributed by atoms with E-state index in [0.29, 0.717) is 5.69 Å². The molecule has 8 heteroatoms. The fraction of sp³-hybridized carbons (Fsp3) is 0.389. The van der Waals surface area contributed by atoms with Gasteiger partial charge in [0.1, 0.15) is 0 Å². The van der Waals surface area contributed by atoms with Gasteiger partial charge in [0.05, 0.1) is 5.69 Å². The van der Waals surface area contributed by atoms with E-state index in [1.807, 2.05) is 20.8 Å². The monoisotopic (exact) mass is 373 g/mol. The largest absolute Gasteiger partial charge is 0.349 e.